The van der Waals surface area contributed by atoms with Gasteiger partial charge in [0.05, 0.1) is 6.04 Å². The standard InChI is InChI=1S/C17H19N3S/c1-12(16-8-5-9-21-16)20(2)17-15-7-4-3-6-14(15)13(10-18)11-19-17/h3-9,11-12H,10,18H2,1-2H3. The number of rotatable bonds is 4. The topological polar surface area (TPSA) is 42.2 Å². The minimum atomic E-state index is 0.296. The predicted octanol–water partition coefficient (Wildman–Crippen LogP) is 3.95. The lowest BCUT2D eigenvalue weighted by molar-refractivity contribution is 0.745. The van der Waals surface area contributed by atoms with Gasteiger partial charge in [-0.25, -0.2) is 4.98 Å². The van der Waals surface area contributed by atoms with E-state index in [4.69, 9.17) is 5.73 Å². The maximum atomic E-state index is 5.83. The van der Waals surface area contributed by atoms with Gasteiger partial charge in [-0.2, -0.15) is 0 Å². The first-order valence-electron chi connectivity index (χ1n) is 7.05. The van der Waals surface area contributed by atoms with Crippen LogP contribution in [-0.4, -0.2) is 12.0 Å². The van der Waals surface area contributed by atoms with Crippen LogP contribution in [0.15, 0.2) is 48.0 Å². The van der Waals surface area contributed by atoms with E-state index in [1.165, 1.54) is 10.3 Å². The molecule has 0 saturated heterocycles. The van der Waals surface area contributed by atoms with E-state index < -0.39 is 0 Å². The summed E-state index contributed by atoms with van der Waals surface area (Å²) in [5, 5.41) is 4.46. The Hall–Kier alpha value is -1.91. The van der Waals surface area contributed by atoms with E-state index in [1.54, 1.807) is 11.3 Å². The summed E-state index contributed by atoms with van der Waals surface area (Å²) in [6.07, 6.45) is 1.90. The third kappa shape index (κ3) is 2.52. The Morgan fingerprint density at radius 3 is 2.62 bits per heavy atom. The van der Waals surface area contributed by atoms with Gasteiger partial charge in [0.15, 0.2) is 0 Å². The number of hydrogen-bond donors (Lipinski definition) is 1. The molecule has 3 aromatic rings. The number of thiophene rings is 1. The van der Waals surface area contributed by atoms with Crippen LogP contribution in [0.3, 0.4) is 0 Å². The molecule has 0 aliphatic carbocycles. The van der Waals surface area contributed by atoms with Gasteiger partial charge in [-0.05, 0) is 29.3 Å². The Morgan fingerprint density at radius 1 is 1.19 bits per heavy atom. The van der Waals surface area contributed by atoms with Gasteiger partial charge in [0.2, 0.25) is 0 Å². The fraction of sp³-hybridized carbons (Fsp3) is 0.235. The van der Waals surface area contributed by atoms with Gasteiger partial charge in [0.1, 0.15) is 5.82 Å². The molecule has 4 heteroatoms. The van der Waals surface area contributed by atoms with E-state index >= 15 is 0 Å². The summed E-state index contributed by atoms with van der Waals surface area (Å²) in [5.41, 5.74) is 6.92. The third-order valence-electron chi connectivity index (χ3n) is 3.95. The number of nitrogens with two attached hydrogens (primary N) is 1. The van der Waals surface area contributed by atoms with E-state index in [0.717, 1.165) is 16.8 Å². The first-order chi connectivity index (χ1) is 10.2. The molecule has 108 valence electrons. The second-order valence-corrected chi connectivity index (χ2v) is 6.14. The highest BCUT2D eigenvalue weighted by molar-refractivity contribution is 7.10. The average Bonchev–Trinajstić information content (AvgIpc) is 3.07. The molecule has 2 N–H and O–H groups in total. The smallest absolute Gasteiger partial charge is 0.136 e. The van der Waals surface area contributed by atoms with Crippen LogP contribution < -0.4 is 10.6 Å². The number of pyridine rings is 1. The van der Waals surface area contributed by atoms with Crippen molar-refractivity contribution in [2.24, 2.45) is 5.73 Å². The first kappa shape index (κ1) is 14.0. The van der Waals surface area contributed by atoms with E-state index in [9.17, 15) is 0 Å². The Balaban J connectivity index is 2.08. The van der Waals surface area contributed by atoms with Crippen LogP contribution in [0, 0.1) is 0 Å². The number of hydrogen-bond acceptors (Lipinski definition) is 4. The molecule has 0 aliphatic rings. The molecular formula is C17H19N3S. The third-order valence-corrected chi connectivity index (χ3v) is 4.99. The highest BCUT2D eigenvalue weighted by Crippen LogP contribution is 2.32. The van der Waals surface area contributed by atoms with Crippen molar-refractivity contribution in [1.82, 2.24) is 4.98 Å². The van der Waals surface area contributed by atoms with Crippen molar-refractivity contribution in [2.45, 2.75) is 19.5 Å². The number of nitrogens with zero attached hydrogens (tertiary/aromatic N) is 2. The maximum absolute atomic E-state index is 5.83. The Labute approximate surface area is 129 Å². The minimum Gasteiger partial charge on any atom is -0.352 e. The van der Waals surface area contributed by atoms with Gasteiger partial charge in [0.25, 0.3) is 0 Å². The number of fused-ring (bicyclic) bond motifs is 1. The van der Waals surface area contributed by atoms with Gasteiger partial charge in [0, 0.05) is 30.1 Å². The van der Waals surface area contributed by atoms with Gasteiger partial charge < -0.3 is 10.6 Å². The molecule has 1 atom stereocenters. The van der Waals surface area contributed by atoms with Crippen LogP contribution in [0.5, 0.6) is 0 Å². The highest BCUT2D eigenvalue weighted by atomic mass is 32.1. The second-order valence-electron chi connectivity index (χ2n) is 5.16. The lowest BCUT2D eigenvalue weighted by Gasteiger charge is -2.26. The van der Waals surface area contributed by atoms with Gasteiger partial charge in [-0.15, -0.1) is 11.3 Å². The van der Waals surface area contributed by atoms with Crippen molar-refractivity contribution in [3.8, 4) is 0 Å². The van der Waals surface area contributed by atoms with Gasteiger partial charge >= 0.3 is 0 Å². The second kappa shape index (κ2) is 5.84. The summed E-state index contributed by atoms with van der Waals surface area (Å²) < 4.78 is 0. The number of aromatic nitrogens is 1. The Kier molecular flexibility index (Phi) is 3.90. The fourth-order valence-electron chi connectivity index (χ4n) is 2.58. The molecule has 2 aromatic heterocycles. The molecule has 3 rings (SSSR count). The van der Waals surface area contributed by atoms with Crippen molar-refractivity contribution in [2.75, 3.05) is 11.9 Å². The van der Waals surface area contributed by atoms with Crippen LogP contribution in [0.1, 0.15) is 23.4 Å². The summed E-state index contributed by atoms with van der Waals surface area (Å²) >= 11 is 1.78. The largest absolute Gasteiger partial charge is 0.352 e. The summed E-state index contributed by atoms with van der Waals surface area (Å²) in [4.78, 5) is 8.23. The van der Waals surface area contributed by atoms with Gasteiger partial charge in [-0.1, -0.05) is 30.3 Å². The zero-order valence-electron chi connectivity index (χ0n) is 12.3. The normalized spacial score (nSPS) is 12.5. The minimum absolute atomic E-state index is 0.296. The van der Waals surface area contributed by atoms with Crippen LogP contribution in [-0.2, 0) is 6.54 Å². The van der Waals surface area contributed by atoms with Crippen molar-refractivity contribution < 1.29 is 0 Å². The van der Waals surface area contributed by atoms with Crippen LogP contribution >= 0.6 is 11.3 Å². The first-order valence-corrected chi connectivity index (χ1v) is 7.93. The molecule has 0 aliphatic heterocycles. The molecule has 0 spiro atoms. The molecule has 0 amide bonds. The zero-order valence-corrected chi connectivity index (χ0v) is 13.1. The van der Waals surface area contributed by atoms with E-state index in [0.29, 0.717) is 12.6 Å². The zero-order chi connectivity index (χ0) is 14.8. The molecule has 1 aromatic carbocycles. The number of benzene rings is 1. The van der Waals surface area contributed by atoms with Crippen molar-refractivity contribution >= 4 is 27.9 Å². The molecule has 2 heterocycles. The van der Waals surface area contributed by atoms with Crippen LogP contribution in [0.2, 0.25) is 0 Å². The summed E-state index contributed by atoms with van der Waals surface area (Å²) in [7, 11) is 2.10. The molecule has 0 fully saturated rings. The monoisotopic (exact) mass is 297 g/mol. The SMILES string of the molecule is CC(c1cccs1)N(C)c1ncc(CN)c2ccccc12. The Morgan fingerprint density at radius 2 is 1.95 bits per heavy atom. The Bertz CT molecular complexity index is 737. The lowest BCUT2D eigenvalue weighted by atomic mass is 10.1. The van der Waals surface area contributed by atoms with Crippen molar-refractivity contribution in [3.63, 3.8) is 0 Å². The van der Waals surface area contributed by atoms with Crippen molar-refractivity contribution in [3.05, 3.63) is 58.4 Å². The van der Waals surface area contributed by atoms with E-state index in [2.05, 4.69) is 59.6 Å². The van der Waals surface area contributed by atoms with Crippen LogP contribution in [0.4, 0.5) is 5.82 Å². The highest BCUT2D eigenvalue weighted by Gasteiger charge is 2.17. The quantitative estimate of drug-likeness (QED) is 0.793. The number of anilines is 1. The average molecular weight is 297 g/mol. The molecule has 0 saturated carbocycles. The molecule has 0 radical (unpaired) electrons. The van der Waals surface area contributed by atoms with E-state index in [-0.39, 0.29) is 0 Å². The van der Waals surface area contributed by atoms with Crippen molar-refractivity contribution in [1.29, 1.82) is 0 Å². The fourth-order valence-corrected chi connectivity index (χ4v) is 3.41. The van der Waals surface area contributed by atoms with E-state index in [1.807, 2.05) is 12.3 Å². The molecular weight excluding hydrogens is 278 g/mol. The predicted molar refractivity (Wildman–Crippen MR) is 90.8 cm³/mol. The lowest BCUT2D eigenvalue weighted by Crippen LogP contribution is -2.22. The summed E-state index contributed by atoms with van der Waals surface area (Å²) in [6.45, 7) is 2.72. The molecule has 21 heavy (non-hydrogen) atoms. The maximum Gasteiger partial charge on any atom is 0.136 e. The summed E-state index contributed by atoms with van der Waals surface area (Å²) in [6, 6.07) is 12.9. The summed E-state index contributed by atoms with van der Waals surface area (Å²) in [5.74, 6) is 1.00. The molecule has 0 bridgehead atoms. The molecule has 1 unspecified atom stereocenters. The molecule has 3 nitrogen and oxygen atoms in total. The van der Waals surface area contributed by atoms with Crippen LogP contribution in [0.25, 0.3) is 10.8 Å². The van der Waals surface area contributed by atoms with Gasteiger partial charge in [-0.3, -0.25) is 0 Å².